The average molecular weight is 475 g/mol. The van der Waals surface area contributed by atoms with Gasteiger partial charge < -0.3 is 20.7 Å². The number of nitrogens with two attached hydrogens (primary N) is 1. The number of anilines is 1. The molecule has 7 nitrogen and oxygen atoms in total. The highest BCUT2D eigenvalue weighted by Gasteiger charge is 2.30. The zero-order chi connectivity index (χ0) is 18.2. The number of likely N-dealkylation sites (N-methyl/N-ethyl adjacent to an activating group) is 1. The number of benzene rings is 1. The molecule has 1 heterocycles. The van der Waals surface area contributed by atoms with Crippen LogP contribution in [0.2, 0.25) is 0 Å². The summed E-state index contributed by atoms with van der Waals surface area (Å²) in [5.41, 5.74) is 6.74. The number of guanidine groups is 1. The first-order valence-corrected chi connectivity index (χ1v) is 8.68. The standard InChI is InChI=1S/C18H29N5O2.HI/c1-22(2)17(24)15-9-6-12-23(15)13-7-11-20-18(19)21-14-8-4-5-10-16(14)25-3;/h4-5,8,10,15H,6-7,9,11-13H2,1-3H3,(H3,19,20,21);1H. The summed E-state index contributed by atoms with van der Waals surface area (Å²) in [4.78, 5) is 20.5. The van der Waals surface area contributed by atoms with Crippen LogP contribution in [-0.4, -0.2) is 68.5 Å². The minimum absolute atomic E-state index is 0. The number of para-hydroxylation sites is 2. The molecule has 0 bridgehead atoms. The van der Waals surface area contributed by atoms with Crippen molar-refractivity contribution in [3.05, 3.63) is 24.3 Å². The van der Waals surface area contributed by atoms with Gasteiger partial charge in [0.1, 0.15) is 5.75 Å². The van der Waals surface area contributed by atoms with Gasteiger partial charge in [-0.1, -0.05) is 12.1 Å². The predicted molar refractivity (Wildman–Crippen MR) is 116 cm³/mol. The Kier molecular flexibility index (Phi) is 9.71. The van der Waals surface area contributed by atoms with Crippen molar-refractivity contribution >= 4 is 41.5 Å². The highest BCUT2D eigenvalue weighted by molar-refractivity contribution is 14.0. The van der Waals surface area contributed by atoms with Gasteiger partial charge >= 0.3 is 0 Å². The second-order valence-corrected chi connectivity index (χ2v) is 6.37. The van der Waals surface area contributed by atoms with Crippen LogP contribution in [0, 0.1) is 0 Å². The number of rotatable bonds is 7. The fourth-order valence-corrected chi connectivity index (χ4v) is 3.07. The van der Waals surface area contributed by atoms with E-state index in [2.05, 4.69) is 15.2 Å². The van der Waals surface area contributed by atoms with Crippen LogP contribution < -0.4 is 15.8 Å². The molecular formula is C18H30IN5O2. The van der Waals surface area contributed by atoms with E-state index in [0.29, 0.717) is 12.5 Å². The second-order valence-electron chi connectivity index (χ2n) is 6.37. The Balaban J connectivity index is 0.00000338. The lowest BCUT2D eigenvalue weighted by atomic mass is 10.2. The first-order chi connectivity index (χ1) is 12.0. The molecule has 8 heteroatoms. The molecule has 1 aromatic carbocycles. The van der Waals surface area contributed by atoms with E-state index in [9.17, 15) is 4.79 Å². The maximum absolute atomic E-state index is 12.2. The number of hydrogen-bond donors (Lipinski definition) is 2. The number of carbonyl (C=O) groups excluding carboxylic acids is 1. The highest BCUT2D eigenvalue weighted by Crippen LogP contribution is 2.22. The molecule has 0 aliphatic carbocycles. The summed E-state index contributed by atoms with van der Waals surface area (Å²) in [5, 5.41) is 3.06. The Morgan fingerprint density at radius 2 is 2.15 bits per heavy atom. The molecule has 1 fully saturated rings. The van der Waals surface area contributed by atoms with Crippen LogP contribution in [0.15, 0.2) is 29.3 Å². The van der Waals surface area contributed by atoms with Gasteiger partial charge in [-0.3, -0.25) is 14.7 Å². The molecule has 1 aliphatic rings. The number of likely N-dealkylation sites (tertiary alicyclic amines) is 1. The van der Waals surface area contributed by atoms with Crippen LogP contribution in [0.25, 0.3) is 0 Å². The highest BCUT2D eigenvalue weighted by atomic mass is 127. The molecule has 2 rings (SSSR count). The topological polar surface area (TPSA) is 83.2 Å². The molecule has 0 spiro atoms. The summed E-state index contributed by atoms with van der Waals surface area (Å²) in [6, 6.07) is 7.59. The second kappa shape index (κ2) is 11.2. The van der Waals surface area contributed by atoms with Crippen molar-refractivity contribution in [2.75, 3.05) is 46.2 Å². The Bertz CT molecular complexity index is 609. The fraction of sp³-hybridized carbons (Fsp3) is 0.556. The molecule has 0 saturated carbocycles. The third-order valence-corrected chi connectivity index (χ3v) is 4.34. The van der Waals surface area contributed by atoms with Crippen LogP contribution >= 0.6 is 24.0 Å². The largest absolute Gasteiger partial charge is 0.495 e. The summed E-state index contributed by atoms with van der Waals surface area (Å²) in [5.74, 6) is 1.29. The fourth-order valence-electron chi connectivity index (χ4n) is 3.07. The van der Waals surface area contributed by atoms with E-state index in [-0.39, 0.29) is 35.9 Å². The zero-order valence-corrected chi connectivity index (χ0v) is 18.1. The van der Waals surface area contributed by atoms with Gasteiger partial charge in [0.2, 0.25) is 5.91 Å². The Morgan fingerprint density at radius 1 is 1.42 bits per heavy atom. The maximum Gasteiger partial charge on any atom is 0.239 e. The van der Waals surface area contributed by atoms with E-state index in [1.165, 1.54) is 0 Å². The lowest BCUT2D eigenvalue weighted by Gasteiger charge is -2.25. The number of methoxy groups -OCH3 is 1. The quantitative estimate of drug-likeness (QED) is 0.273. The molecule has 1 unspecified atom stereocenters. The summed E-state index contributed by atoms with van der Waals surface area (Å²) in [7, 11) is 5.25. The van der Waals surface area contributed by atoms with Crippen molar-refractivity contribution < 1.29 is 9.53 Å². The van der Waals surface area contributed by atoms with Crippen molar-refractivity contribution in [2.24, 2.45) is 10.7 Å². The predicted octanol–water partition coefficient (Wildman–Crippen LogP) is 1.98. The van der Waals surface area contributed by atoms with E-state index in [0.717, 1.165) is 43.8 Å². The summed E-state index contributed by atoms with van der Waals surface area (Å²) in [6.45, 7) is 2.45. The maximum atomic E-state index is 12.2. The SMILES string of the molecule is COc1ccccc1NC(N)=NCCCN1CCCC1C(=O)N(C)C.I. The van der Waals surface area contributed by atoms with Gasteiger partial charge in [-0.05, 0) is 37.9 Å². The molecular weight excluding hydrogens is 445 g/mol. The van der Waals surface area contributed by atoms with Crippen LogP contribution in [0.4, 0.5) is 5.69 Å². The smallest absolute Gasteiger partial charge is 0.239 e. The van der Waals surface area contributed by atoms with Crippen LogP contribution in [-0.2, 0) is 4.79 Å². The van der Waals surface area contributed by atoms with E-state index >= 15 is 0 Å². The molecule has 26 heavy (non-hydrogen) atoms. The number of aliphatic imine (C=N–C) groups is 1. The molecule has 146 valence electrons. The van der Waals surface area contributed by atoms with Gasteiger partial charge in [0, 0.05) is 27.2 Å². The average Bonchev–Trinajstić information content (AvgIpc) is 3.06. The van der Waals surface area contributed by atoms with Gasteiger partial charge in [-0.15, -0.1) is 24.0 Å². The van der Waals surface area contributed by atoms with E-state index < -0.39 is 0 Å². The summed E-state index contributed by atoms with van der Waals surface area (Å²) in [6.07, 6.45) is 2.88. The third-order valence-electron chi connectivity index (χ3n) is 4.34. The van der Waals surface area contributed by atoms with Crippen molar-refractivity contribution in [1.29, 1.82) is 0 Å². The Morgan fingerprint density at radius 3 is 2.85 bits per heavy atom. The van der Waals surface area contributed by atoms with E-state index in [4.69, 9.17) is 10.5 Å². The normalized spacial score (nSPS) is 17.5. The first kappa shape index (κ1) is 22.5. The molecule has 1 aromatic rings. The van der Waals surface area contributed by atoms with Crippen molar-refractivity contribution in [3.63, 3.8) is 0 Å². The number of nitrogens with one attached hydrogen (secondary N) is 1. The molecule has 1 aliphatic heterocycles. The van der Waals surface area contributed by atoms with Gasteiger partial charge in [0.15, 0.2) is 5.96 Å². The van der Waals surface area contributed by atoms with Crippen molar-refractivity contribution in [1.82, 2.24) is 9.80 Å². The van der Waals surface area contributed by atoms with Crippen molar-refractivity contribution in [3.8, 4) is 5.75 Å². The van der Waals surface area contributed by atoms with Crippen LogP contribution in [0.5, 0.6) is 5.75 Å². The Hall–Kier alpha value is -1.55. The molecule has 1 amide bonds. The zero-order valence-electron chi connectivity index (χ0n) is 15.8. The number of halogens is 1. The van der Waals surface area contributed by atoms with E-state index in [1.54, 1.807) is 12.0 Å². The van der Waals surface area contributed by atoms with Crippen molar-refractivity contribution in [2.45, 2.75) is 25.3 Å². The molecule has 1 saturated heterocycles. The number of nitrogens with zero attached hydrogens (tertiary/aromatic N) is 3. The molecule has 3 N–H and O–H groups in total. The van der Waals surface area contributed by atoms with Gasteiger partial charge in [0.05, 0.1) is 18.8 Å². The number of ether oxygens (including phenoxy) is 1. The van der Waals surface area contributed by atoms with Crippen LogP contribution in [0.3, 0.4) is 0 Å². The van der Waals surface area contributed by atoms with Crippen LogP contribution in [0.1, 0.15) is 19.3 Å². The first-order valence-electron chi connectivity index (χ1n) is 8.68. The molecule has 0 radical (unpaired) electrons. The summed E-state index contributed by atoms with van der Waals surface area (Å²) < 4.78 is 5.28. The minimum atomic E-state index is 0. The van der Waals surface area contributed by atoms with E-state index in [1.807, 2.05) is 38.4 Å². The number of carbonyl (C=O) groups is 1. The third kappa shape index (κ3) is 6.31. The van der Waals surface area contributed by atoms with Gasteiger partial charge in [-0.25, -0.2) is 0 Å². The molecule has 1 atom stereocenters. The lowest BCUT2D eigenvalue weighted by molar-refractivity contribution is -0.133. The minimum Gasteiger partial charge on any atom is -0.495 e. The number of hydrogen-bond acceptors (Lipinski definition) is 4. The Labute approximate surface area is 173 Å². The summed E-state index contributed by atoms with van der Waals surface area (Å²) >= 11 is 0. The molecule has 0 aromatic heterocycles. The number of amides is 1. The monoisotopic (exact) mass is 475 g/mol. The van der Waals surface area contributed by atoms with Gasteiger partial charge in [0.25, 0.3) is 0 Å². The van der Waals surface area contributed by atoms with Gasteiger partial charge in [-0.2, -0.15) is 0 Å². The lowest BCUT2D eigenvalue weighted by Crippen LogP contribution is -2.43.